The summed E-state index contributed by atoms with van der Waals surface area (Å²) in [6.07, 6.45) is 10.0. The van der Waals surface area contributed by atoms with Gasteiger partial charge in [0.2, 0.25) is 0 Å². The molecule has 1 heteroatoms. The monoisotopic (exact) mass is 96.1 g/mol. The van der Waals surface area contributed by atoms with E-state index < -0.39 is 0 Å². The lowest BCUT2D eigenvalue weighted by Crippen LogP contribution is -1.77. The minimum Gasteiger partial charge on any atom is -0.0885 e. The molecule has 1 aliphatic carbocycles. The normalized spacial score (nSPS) is 18.3. The zero-order valence-corrected chi connectivity index (χ0v) is 4.43. The van der Waals surface area contributed by atoms with Crippen LogP contribution in [-0.2, 0) is 0 Å². The zero-order chi connectivity index (χ0) is 4.24. The summed E-state index contributed by atoms with van der Waals surface area (Å²) in [6, 6.07) is 0. The molecule has 1 rings (SSSR count). The van der Waals surface area contributed by atoms with Crippen LogP contribution >= 0.6 is 0 Å². The second-order valence-corrected chi connectivity index (χ2v) is 1.76. The first-order valence-corrected chi connectivity index (χ1v) is 2.65. The van der Waals surface area contributed by atoms with E-state index in [9.17, 15) is 0 Å². The Morgan fingerprint density at radius 1 is 0.857 bits per heavy atom. The molecular formula is C6H10N. The molecule has 0 aromatic rings. The summed E-state index contributed by atoms with van der Waals surface area (Å²) >= 11 is 0. The number of nitrogens with zero attached hydrogens (tertiary/aromatic N) is 1. The summed E-state index contributed by atoms with van der Waals surface area (Å²) in [5.74, 6) is 0. The molecule has 0 amide bonds. The van der Waals surface area contributed by atoms with Crippen molar-refractivity contribution in [2.75, 3.05) is 0 Å². The maximum absolute atomic E-state index is 2.27. The predicted molar refractivity (Wildman–Crippen MR) is 29.7 cm³/mol. The molecule has 0 unspecified atom stereocenters. The maximum atomic E-state index is 2.27. The van der Waals surface area contributed by atoms with E-state index in [0.717, 1.165) is 0 Å². The van der Waals surface area contributed by atoms with Gasteiger partial charge in [0.15, 0.2) is 0 Å². The molecular weight excluding hydrogens is 86.1 g/mol. The second kappa shape index (κ2) is 3.88. The maximum Gasteiger partial charge on any atom is 0 e. The van der Waals surface area contributed by atoms with E-state index >= 15 is 0 Å². The number of rotatable bonds is 0. The van der Waals surface area contributed by atoms with Crippen LogP contribution in [0.25, 0.3) is 0 Å². The highest BCUT2D eigenvalue weighted by Crippen LogP contribution is 2.07. The lowest BCUT2D eigenvalue weighted by atomic mass is 10.1. The van der Waals surface area contributed by atoms with Gasteiger partial charge in [-0.2, -0.15) is 0 Å². The minimum absolute atomic E-state index is 0. The van der Waals surface area contributed by atoms with Crippen molar-refractivity contribution >= 4 is 0 Å². The van der Waals surface area contributed by atoms with Gasteiger partial charge in [-0.05, 0) is 25.7 Å². The van der Waals surface area contributed by atoms with E-state index in [-0.39, 0.29) is 6.15 Å². The van der Waals surface area contributed by atoms with Gasteiger partial charge < -0.3 is 0 Å². The Balaban J connectivity index is 0.000000360. The summed E-state index contributed by atoms with van der Waals surface area (Å²) in [5, 5.41) is 0. The van der Waals surface area contributed by atoms with Crippen LogP contribution in [0.2, 0.25) is 0 Å². The summed E-state index contributed by atoms with van der Waals surface area (Å²) in [6.45, 7) is 0. The van der Waals surface area contributed by atoms with E-state index in [1.54, 1.807) is 0 Å². The summed E-state index contributed by atoms with van der Waals surface area (Å²) in [5.41, 5.74) is 0. The highest BCUT2D eigenvalue weighted by Gasteiger charge is 1.87. The zero-order valence-electron chi connectivity index (χ0n) is 4.43. The quantitative estimate of drug-likeness (QED) is 0.410. The SMILES string of the molecule is C1=CCCCC1.[N]. The Morgan fingerprint density at radius 3 is 1.43 bits per heavy atom. The van der Waals surface area contributed by atoms with E-state index in [2.05, 4.69) is 12.2 Å². The Morgan fingerprint density at radius 2 is 1.29 bits per heavy atom. The molecule has 39 valence electrons. The van der Waals surface area contributed by atoms with Crippen molar-refractivity contribution in [3.8, 4) is 0 Å². The molecule has 3 radical (unpaired) electrons. The fourth-order valence-electron chi connectivity index (χ4n) is 0.760. The largest absolute Gasteiger partial charge is 0.0885 e. The first kappa shape index (κ1) is 6.70. The smallest absolute Gasteiger partial charge is 0 e. The van der Waals surface area contributed by atoms with Gasteiger partial charge in [0.05, 0.1) is 0 Å². The number of hydrogen-bond donors (Lipinski definition) is 0. The van der Waals surface area contributed by atoms with Crippen LogP contribution < -0.4 is 6.15 Å². The van der Waals surface area contributed by atoms with Crippen LogP contribution in [0.5, 0.6) is 0 Å². The molecule has 0 saturated carbocycles. The topological polar surface area (TPSA) is 30.5 Å². The molecule has 0 saturated heterocycles. The molecule has 0 atom stereocenters. The van der Waals surface area contributed by atoms with Gasteiger partial charge in [-0.15, -0.1) is 0 Å². The Labute approximate surface area is 45.0 Å². The second-order valence-electron chi connectivity index (χ2n) is 1.76. The van der Waals surface area contributed by atoms with E-state index in [0.29, 0.717) is 0 Å². The first-order chi connectivity index (χ1) is 3.00. The van der Waals surface area contributed by atoms with Crippen molar-refractivity contribution in [1.82, 2.24) is 6.15 Å². The molecule has 0 heterocycles. The standard InChI is InChI=1S/C6H10.N/c1-2-4-6-5-3-1;/h1-2H,3-6H2;. The Hall–Kier alpha value is -0.300. The van der Waals surface area contributed by atoms with Crippen LogP contribution in [0.3, 0.4) is 0 Å². The summed E-state index contributed by atoms with van der Waals surface area (Å²) in [7, 11) is 0. The predicted octanol–water partition coefficient (Wildman–Crippen LogP) is 1.64. The van der Waals surface area contributed by atoms with Crippen LogP contribution in [0.15, 0.2) is 12.2 Å². The van der Waals surface area contributed by atoms with Crippen molar-refractivity contribution in [2.45, 2.75) is 25.7 Å². The summed E-state index contributed by atoms with van der Waals surface area (Å²) < 4.78 is 0. The summed E-state index contributed by atoms with van der Waals surface area (Å²) in [4.78, 5) is 0. The van der Waals surface area contributed by atoms with Gasteiger partial charge in [0.25, 0.3) is 0 Å². The molecule has 7 heavy (non-hydrogen) atoms. The van der Waals surface area contributed by atoms with Crippen LogP contribution in [0.1, 0.15) is 25.7 Å². The van der Waals surface area contributed by atoms with E-state index in [1.807, 2.05) is 0 Å². The van der Waals surface area contributed by atoms with Gasteiger partial charge in [-0.25, -0.2) is 0 Å². The Kier molecular flexibility index (Phi) is 3.71. The third-order valence-corrected chi connectivity index (χ3v) is 1.16. The van der Waals surface area contributed by atoms with Crippen molar-refractivity contribution in [1.29, 1.82) is 0 Å². The van der Waals surface area contributed by atoms with Crippen molar-refractivity contribution in [2.24, 2.45) is 0 Å². The van der Waals surface area contributed by atoms with Crippen LogP contribution in [-0.4, -0.2) is 0 Å². The molecule has 0 spiro atoms. The highest BCUT2D eigenvalue weighted by atomic mass is 14.0. The molecule has 1 nitrogen and oxygen atoms in total. The third-order valence-electron chi connectivity index (χ3n) is 1.16. The average molecular weight is 96.2 g/mol. The van der Waals surface area contributed by atoms with Crippen LogP contribution in [0.4, 0.5) is 0 Å². The molecule has 1 aliphatic rings. The number of allylic oxidation sites excluding steroid dienone is 2. The lowest BCUT2D eigenvalue weighted by molar-refractivity contribution is 0.730. The van der Waals surface area contributed by atoms with Gasteiger partial charge in [0, 0.05) is 6.15 Å². The fourth-order valence-corrected chi connectivity index (χ4v) is 0.760. The molecule has 0 bridgehead atoms. The average Bonchev–Trinajstić information content (AvgIpc) is 1.72. The third kappa shape index (κ3) is 2.40. The van der Waals surface area contributed by atoms with Crippen molar-refractivity contribution in [3.05, 3.63) is 12.2 Å². The minimum atomic E-state index is 0. The van der Waals surface area contributed by atoms with Gasteiger partial charge in [0.1, 0.15) is 0 Å². The van der Waals surface area contributed by atoms with Crippen molar-refractivity contribution < 1.29 is 0 Å². The van der Waals surface area contributed by atoms with Crippen LogP contribution in [0, 0.1) is 0 Å². The van der Waals surface area contributed by atoms with Crippen molar-refractivity contribution in [3.63, 3.8) is 0 Å². The number of hydrogen-bond acceptors (Lipinski definition) is 0. The van der Waals surface area contributed by atoms with E-state index in [1.165, 1.54) is 25.7 Å². The molecule has 0 fully saturated rings. The van der Waals surface area contributed by atoms with E-state index in [4.69, 9.17) is 0 Å². The molecule has 0 N–H and O–H groups in total. The van der Waals surface area contributed by atoms with Gasteiger partial charge in [-0.3, -0.25) is 0 Å². The Bertz CT molecular complexity index is 49.2. The first-order valence-electron chi connectivity index (χ1n) is 2.65. The van der Waals surface area contributed by atoms with Gasteiger partial charge in [-0.1, -0.05) is 12.2 Å². The lowest BCUT2D eigenvalue weighted by Gasteiger charge is -1.97. The highest BCUT2D eigenvalue weighted by molar-refractivity contribution is 4.85. The molecule has 0 aliphatic heterocycles. The molecule has 0 aromatic carbocycles. The van der Waals surface area contributed by atoms with Gasteiger partial charge >= 0.3 is 0 Å². The molecule has 0 aromatic heterocycles. The fraction of sp³-hybridized carbons (Fsp3) is 0.667.